The van der Waals surface area contributed by atoms with Crippen molar-refractivity contribution >= 4 is 29.0 Å². The molecular weight excluding hydrogens is 448 g/mol. The van der Waals surface area contributed by atoms with Crippen LogP contribution in [-0.2, 0) is 16.2 Å². The van der Waals surface area contributed by atoms with Gasteiger partial charge in [0.15, 0.2) is 5.78 Å². The van der Waals surface area contributed by atoms with Crippen molar-refractivity contribution in [1.29, 1.82) is 0 Å². The summed E-state index contributed by atoms with van der Waals surface area (Å²) in [5, 5.41) is 21.8. The maximum atomic E-state index is 12.9. The van der Waals surface area contributed by atoms with Crippen LogP contribution in [0.5, 0.6) is 5.75 Å². The van der Waals surface area contributed by atoms with E-state index < -0.39 is 0 Å². The van der Waals surface area contributed by atoms with Crippen molar-refractivity contribution in [2.24, 2.45) is 5.92 Å². The van der Waals surface area contributed by atoms with Gasteiger partial charge in [-0.3, -0.25) is 19.3 Å². The number of phenols is 1. The van der Waals surface area contributed by atoms with Gasteiger partial charge in [-0.1, -0.05) is 0 Å². The van der Waals surface area contributed by atoms with Gasteiger partial charge in [-0.15, -0.1) is 0 Å². The summed E-state index contributed by atoms with van der Waals surface area (Å²) in [4.78, 5) is 43.1. The van der Waals surface area contributed by atoms with Crippen LogP contribution in [0.15, 0.2) is 42.5 Å². The molecule has 2 aromatic rings. The smallest absolute Gasteiger partial charge is 0.236 e. The molecule has 0 bridgehead atoms. The van der Waals surface area contributed by atoms with Crippen LogP contribution in [0.1, 0.15) is 29.3 Å². The Morgan fingerprint density at radius 1 is 1.00 bits per heavy atom. The predicted molar refractivity (Wildman–Crippen MR) is 132 cm³/mol. The van der Waals surface area contributed by atoms with Gasteiger partial charge in [0.25, 0.3) is 0 Å². The molecule has 0 saturated carbocycles. The molecule has 3 N–H and O–H groups in total. The van der Waals surface area contributed by atoms with E-state index in [1.54, 1.807) is 19.1 Å². The Balaban J connectivity index is 1.23. The molecule has 4 rings (SSSR count). The fraction of sp³-hybridized carbons (Fsp3) is 0.423. The van der Waals surface area contributed by atoms with Gasteiger partial charge in [-0.25, -0.2) is 0 Å². The summed E-state index contributed by atoms with van der Waals surface area (Å²) in [6.45, 7) is 5.49. The number of nitrogens with one attached hydrogen (secondary N) is 1. The number of Topliss-reactive ketones (excluding diaryl/α,β-unsaturated/α-hetero) is 1. The van der Waals surface area contributed by atoms with E-state index in [-0.39, 0.29) is 35.9 Å². The van der Waals surface area contributed by atoms with Crippen molar-refractivity contribution in [1.82, 2.24) is 9.80 Å². The number of rotatable bonds is 7. The van der Waals surface area contributed by atoms with E-state index in [0.29, 0.717) is 56.0 Å². The number of carbonyl (C=O) groups is 3. The molecule has 1 atom stereocenters. The van der Waals surface area contributed by atoms with Gasteiger partial charge in [0, 0.05) is 55.2 Å². The zero-order valence-corrected chi connectivity index (χ0v) is 19.9. The molecule has 0 aliphatic carbocycles. The van der Waals surface area contributed by atoms with Crippen molar-refractivity contribution in [2.75, 3.05) is 56.0 Å². The summed E-state index contributed by atoms with van der Waals surface area (Å²) in [6.07, 6.45) is 0.675. The third-order valence-electron chi connectivity index (χ3n) is 6.79. The highest BCUT2D eigenvalue weighted by molar-refractivity contribution is 5.94. The van der Waals surface area contributed by atoms with Crippen LogP contribution in [0.4, 0.5) is 11.4 Å². The molecule has 9 nitrogen and oxygen atoms in total. The number of amides is 2. The molecule has 0 unspecified atom stereocenters. The Bertz CT molecular complexity index is 1080. The number of hydrogen-bond donors (Lipinski definition) is 3. The van der Waals surface area contributed by atoms with Crippen LogP contribution < -0.4 is 10.2 Å². The van der Waals surface area contributed by atoms with Crippen LogP contribution in [0.2, 0.25) is 0 Å². The van der Waals surface area contributed by atoms with Gasteiger partial charge in [-0.2, -0.15) is 0 Å². The van der Waals surface area contributed by atoms with Crippen molar-refractivity contribution in [3.63, 3.8) is 0 Å². The highest BCUT2D eigenvalue weighted by Crippen LogP contribution is 2.24. The second-order valence-electron chi connectivity index (χ2n) is 9.18. The number of nitrogens with zero attached hydrogens (tertiary/aromatic N) is 3. The Labute approximate surface area is 204 Å². The zero-order chi connectivity index (χ0) is 24.9. The standard InChI is InChI=1S/C26H32N4O5/c1-18(32)19-2-5-23(6-3-19)29-10-12-30(13-11-29)25(34)16-28-9-8-20(15-28)26(35)27-22-4-7-24(33)21(14-22)17-31/h2-7,14,20,31,33H,8-13,15-17H2,1H3,(H,27,35)/t20-/m1/s1. The molecule has 186 valence electrons. The van der Waals surface area contributed by atoms with Gasteiger partial charge >= 0.3 is 0 Å². The summed E-state index contributed by atoms with van der Waals surface area (Å²) in [5.74, 6) is -0.237. The number of anilines is 2. The summed E-state index contributed by atoms with van der Waals surface area (Å²) in [5.41, 5.74) is 2.63. The summed E-state index contributed by atoms with van der Waals surface area (Å²) in [6, 6.07) is 12.2. The average Bonchev–Trinajstić information content (AvgIpc) is 3.34. The average molecular weight is 481 g/mol. The van der Waals surface area contributed by atoms with Crippen molar-refractivity contribution < 1.29 is 24.6 Å². The number of hydrogen-bond acceptors (Lipinski definition) is 7. The second kappa shape index (κ2) is 10.9. The molecule has 0 spiro atoms. The maximum absolute atomic E-state index is 12.9. The number of aromatic hydroxyl groups is 1. The Morgan fingerprint density at radius 3 is 2.37 bits per heavy atom. The molecule has 2 aliphatic heterocycles. The highest BCUT2D eigenvalue weighted by atomic mass is 16.3. The minimum Gasteiger partial charge on any atom is -0.508 e. The first-order chi connectivity index (χ1) is 16.8. The number of aliphatic hydroxyl groups is 1. The van der Waals surface area contributed by atoms with Crippen LogP contribution in [0.25, 0.3) is 0 Å². The lowest BCUT2D eigenvalue weighted by atomic mass is 10.1. The van der Waals surface area contributed by atoms with Gasteiger partial charge in [0.1, 0.15) is 5.75 Å². The Kier molecular flexibility index (Phi) is 7.67. The fourth-order valence-electron chi connectivity index (χ4n) is 4.64. The first-order valence-electron chi connectivity index (χ1n) is 11.9. The number of ketones is 1. The molecule has 2 amide bonds. The summed E-state index contributed by atoms with van der Waals surface area (Å²) < 4.78 is 0. The molecular formula is C26H32N4O5. The summed E-state index contributed by atoms with van der Waals surface area (Å²) >= 11 is 0. The molecule has 35 heavy (non-hydrogen) atoms. The zero-order valence-electron chi connectivity index (χ0n) is 19.9. The molecule has 2 aliphatic rings. The van der Waals surface area contributed by atoms with Crippen LogP contribution in [0, 0.1) is 5.92 Å². The monoisotopic (exact) mass is 480 g/mol. The van der Waals surface area contributed by atoms with E-state index in [9.17, 15) is 24.6 Å². The molecule has 0 radical (unpaired) electrons. The lowest BCUT2D eigenvalue weighted by molar-refractivity contribution is -0.132. The molecule has 2 saturated heterocycles. The van der Waals surface area contributed by atoms with E-state index >= 15 is 0 Å². The third kappa shape index (κ3) is 5.98. The molecule has 2 fully saturated rings. The number of carbonyl (C=O) groups excluding carboxylic acids is 3. The normalized spacial score (nSPS) is 18.5. The van der Waals surface area contributed by atoms with Gasteiger partial charge in [0.2, 0.25) is 11.8 Å². The lowest BCUT2D eigenvalue weighted by Crippen LogP contribution is -2.51. The minimum absolute atomic E-state index is 0.0113. The molecule has 0 aromatic heterocycles. The Morgan fingerprint density at radius 2 is 1.71 bits per heavy atom. The van der Waals surface area contributed by atoms with E-state index in [2.05, 4.69) is 10.2 Å². The first kappa shape index (κ1) is 24.7. The molecule has 2 aromatic carbocycles. The number of piperazine rings is 1. The third-order valence-corrected chi connectivity index (χ3v) is 6.79. The van der Waals surface area contributed by atoms with Gasteiger partial charge in [-0.05, 0) is 62.4 Å². The fourth-order valence-corrected chi connectivity index (χ4v) is 4.64. The van der Waals surface area contributed by atoms with Crippen molar-refractivity contribution in [3.05, 3.63) is 53.6 Å². The quantitative estimate of drug-likeness (QED) is 0.408. The second-order valence-corrected chi connectivity index (χ2v) is 9.18. The van der Waals surface area contributed by atoms with Crippen LogP contribution in [-0.4, -0.2) is 83.4 Å². The van der Waals surface area contributed by atoms with E-state index in [1.807, 2.05) is 34.1 Å². The summed E-state index contributed by atoms with van der Waals surface area (Å²) in [7, 11) is 0. The van der Waals surface area contributed by atoms with Crippen molar-refractivity contribution in [3.8, 4) is 5.75 Å². The number of benzene rings is 2. The number of aliphatic hydroxyl groups excluding tert-OH is 1. The highest BCUT2D eigenvalue weighted by Gasteiger charge is 2.31. The topological polar surface area (TPSA) is 113 Å². The molecule has 9 heteroatoms. The predicted octanol–water partition coefficient (Wildman–Crippen LogP) is 1.70. The number of likely N-dealkylation sites (tertiary alicyclic amines) is 1. The van der Waals surface area contributed by atoms with Gasteiger partial charge < -0.3 is 25.3 Å². The van der Waals surface area contributed by atoms with E-state index in [0.717, 1.165) is 18.8 Å². The van der Waals surface area contributed by atoms with E-state index in [1.165, 1.54) is 6.07 Å². The Hall–Kier alpha value is -3.43. The SMILES string of the molecule is CC(=O)c1ccc(N2CCN(C(=O)CN3CC[C@@H](C(=O)Nc4ccc(O)c(CO)c4)C3)CC2)cc1. The van der Waals surface area contributed by atoms with E-state index in [4.69, 9.17) is 0 Å². The molecule has 2 heterocycles. The largest absolute Gasteiger partial charge is 0.508 e. The van der Waals surface area contributed by atoms with Gasteiger partial charge in [0.05, 0.1) is 19.1 Å². The van der Waals surface area contributed by atoms with Crippen LogP contribution >= 0.6 is 0 Å². The van der Waals surface area contributed by atoms with Crippen LogP contribution in [0.3, 0.4) is 0 Å². The first-order valence-corrected chi connectivity index (χ1v) is 11.9. The lowest BCUT2D eigenvalue weighted by Gasteiger charge is -2.36. The minimum atomic E-state index is -0.310. The van der Waals surface area contributed by atoms with Crippen molar-refractivity contribution in [2.45, 2.75) is 20.0 Å². The maximum Gasteiger partial charge on any atom is 0.236 e.